The van der Waals surface area contributed by atoms with Crippen LogP contribution in [-0.4, -0.2) is 24.5 Å². The Labute approximate surface area is 82.4 Å². The maximum Gasteiger partial charge on any atom is 0.137 e. The summed E-state index contributed by atoms with van der Waals surface area (Å²) in [6.45, 7) is 4.89. The molecule has 5 nitrogen and oxygen atoms in total. The molecule has 0 amide bonds. The van der Waals surface area contributed by atoms with E-state index in [0.29, 0.717) is 12.6 Å². The van der Waals surface area contributed by atoms with Crippen LogP contribution in [0.1, 0.15) is 25.6 Å². The summed E-state index contributed by atoms with van der Waals surface area (Å²) in [6.07, 6.45) is 5.20. The SMILES string of the molecule is CC(C)n1ccc(Cn2cncn2)n1. The summed E-state index contributed by atoms with van der Waals surface area (Å²) in [5, 5.41) is 8.43. The molecule has 0 aromatic carbocycles. The van der Waals surface area contributed by atoms with Gasteiger partial charge in [0, 0.05) is 12.2 Å². The minimum Gasteiger partial charge on any atom is -0.270 e. The number of rotatable bonds is 3. The Hall–Kier alpha value is -1.65. The van der Waals surface area contributed by atoms with Crippen LogP contribution in [0.25, 0.3) is 0 Å². The Morgan fingerprint density at radius 1 is 1.43 bits per heavy atom. The summed E-state index contributed by atoms with van der Waals surface area (Å²) < 4.78 is 3.69. The number of hydrogen-bond donors (Lipinski definition) is 0. The van der Waals surface area contributed by atoms with Gasteiger partial charge in [-0.25, -0.2) is 9.67 Å². The summed E-state index contributed by atoms with van der Waals surface area (Å²) in [7, 11) is 0. The zero-order valence-electron chi connectivity index (χ0n) is 8.33. The lowest BCUT2D eigenvalue weighted by Gasteiger charge is -2.03. The molecule has 0 aliphatic rings. The van der Waals surface area contributed by atoms with Crippen molar-refractivity contribution in [2.45, 2.75) is 26.4 Å². The molecule has 74 valence electrons. The number of aromatic nitrogens is 5. The molecule has 0 aliphatic heterocycles. The lowest BCUT2D eigenvalue weighted by Crippen LogP contribution is -2.04. The highest BCUT2D eigenvalue weighted by molar-refractivity contribution is 4.99. The largest absolute Gasteiger partial charge is 0.270 e. The molecule has 14 heavy (non-hydrogen) atoms. The zero-order chi connectivity index (χ0) is 9.97. The van der Waals surface area contributed by atoms with Crippen molar-refractivity contribution in [2.75, 3.05) is 0 Å². The van der Waals surface area contributed by atoms with Gasteiger partial charge < -0.3 is 0 Å². The molecule has 0 radical (unpaired) electrons. The summed E-state index contributed by atoms with van der Waals surface area (Å²) in [4.78, 5) is 3.88. The van der Waals surface area contributed by atoms with Gasteiger partial charge in [0.1, 0.15) is 12.7 Å². The van der Waals surface area contributed by atoms with Gasteiger partial charge in [-0.05, 0) is 19.9 Å². The minimum atomic E-state index is 0.402. The van der Waals surface area contributed by atoms with Gasteiger partial charge in [-0.1, -0.05) is 0 Å². The monoisotopic (exact) mass is 191 g/mol. The number of hydrogen-bond acceptors (Lipinski definition) is 3. The molecule has 0 unspecified atom stereocenters. The van der Waals surface area contributed by atoms with E-state index in [4.69, 9.17) is 0 Å². The van der Waals surface area contributed by atoms with Crippen LogP contribution >= 0.6 is 0 Å². The molecule has 0 saturated heterocycles. The first-order valence-electron chi connectivity index (χ1n) is 4.62. The van der Waals surface area contributed by atoms with Gasteiger partial charge in [-0.15, -0.1) is 0 Å². The summed E-state index contributed by atoms with van der Waals surface area (Å²) in [6, 6.07) is 2.40. The average molecular weight is 191 g/mol. The fourth-order valence-corrected chi connectivity index (χ4v) is 1.23. The molecule has 2 heterocycles. The van der Waals surface area contributed by atoms with Crippen molar-refractivity contribution in [3.63, 3.8) is 0 Å². The highest BCUT2D eigenvalue weighted by atomic mass is 15.3. The van der Waals surface area contributed by atoms with Gasteiger partial charge in [0.25, 0.3) is 0 Å². The highest BCUT2D eigenvalue weighted by Gasteiger charge is 2.02. The van der Waals surface area contributed by atoms with E-state index in [9.17, 15) is 0 Å². The van der Waals surface area contributed by atoms with Crippen molar-refractivity contribution >= 4 is 0 Å². The molecule has 0 bridgehead atoms. The molecule has 0 aliphatic carbocycles. The summed E-state index contributed by atoms with van der Waals surface area (Å²) >= 11 is 0. The predicted octanol–water partition coefficient (Wildman–Crippen LogP) is 1.10. The first kappa shape index (κ1) is 8.93. The minimum absolute atomic E-state index is 0.402. The van der Waals surface area contributed by atoms with E-state index in [1.807, 2.05) is 16.9 Å². The van der Waals surface area contributed by atoms with Crippen LogP contribution in [-0.2, 0) is 6.54 Å². The third-order valence-electron chi connectivity index (χ3n) is 1.98. The van der Waals surface area contributed by atoms with Gasteiger partial charge in [0.05, 0.1) is 12.2 Å². The van der Waals surface area contributed by atoms with Gasteiger partial charge in [0.2, 0.25) is 0 Å². The van der Waals surface area contributed by atoms with Crippen LogP contribution in [0.5, 0.6) is 0 Å². The Bertz CT molecular complexity index is 387. The second-order valence-electron chi connectivity index (χ2n) is 3.47. The van der Waals surface area contributed by atoms with Gasteiger partial charge in [0.15, 0.2) is 0 Å². The maximum atomic E-state index is 4.41. The smallest absolute Gasteiger partial charge is 0.137 e. The lowest BCUT2D eigenvalue weighted by atomic mass is 10.4. The van der Waals surface area contributed by atoms with Crippen LogP contribution in [0.2, 0.25) is 0 Å². The van der Waals surface area contributed by atoms with Crippen molar-refractivity contribution in [1.82, 2.24) is 24.5 Å². The first-order valence-corrected chi connectivity index (χ1v) is 4.62. The van der Waals surface area contributed by atoms with Crippen molar-refractivity contribution in [3.8, 4) is 0 Å². The third-order valence-corrected chi connectivity index (χ3v) is 1.98. The first-order chi connectivity index (χ1) is 6.75. The molecule has 0 N–H and O–H groups in total. The van der Waals surface area contributed by atoms with E-state index in [1.165, 1.54) is 6.33 Å². The standard InChI is InChI=1S/C9H13N5/c1-8(2)14-4-3-9(12-14)5-13-7-10-6-11-13/h3-4,6-8H,5H2,1-2H3. The van der Waals surface area contributed by atoms with E-state index in [-0.39, 0.29) is 0 Å². The van der Waals surface area contributed by atoms with E-state index in [1.54, 1.807) is 11.0 Å². The van der Waals surface area contributed by atoms with Crippen LogP contribution in [0.15, 0.2) is 24.9 Å². The third kappa shape index (κ3) is 1.81. The van der Waals surface area contributed by atoms with Crippen molar-refractivity contribution in [3.05, 3.63) is 30.6 Å². The second-order valence-corrected chi connectivity index (χ2v) is 3.47. The molecule has 2 rings (SSSR count). The van der Waals surface area contributed by atoms with E-state index in [2.05, 4.69) is 29.0 Å². The summed E-state index contributed by atoms with van der Waals surface area (Å²) in [5.74, 6) is 0. The van der Waals surface area contributed by atoms with Crippen LogP contribution < -0.4 is 0 Å². The predicted molar refractivity (Wildman–Crippen MR) is 51.7 cm³/mol. The molecule has 2 aromatic rings. The maximum absolute atomic E-state index is 4.41. The molecule has 0 fully saturated rings. The zero-order valence-corrected chi connectivity index (χ0v) is 8.33. The fraction of sp³-hybridized carbons (Fsp3) is 0.444. The molecule has 2 aromatic heterocycles. The van der Waals surface area contributed by atoms with Crippen molar-refractivity contribution in [2.24, 2.45) is 0 Å². The molecular formula is C9H13N5. The quantitative estimate of drug-likeness (QED) is 0.730. The average Bonchev–Trinajstić information content (AvgIpc) is 2.75. The topological polar surface area (TPSA) is 48.5 Å². The summed E-state index contributed by atoms with van der Waals surface area (Å²) in [5.41, 5.74) is 1.00. The van der Waals surface area contributed by atoms with E-state index in [0.717, 1.165) is 5.69 Å². The molecule has 0 atom stereocenters. The second kappa shape index (κ2) is 3.61. The van der Waals surface area contributed by atoms with Gasteiger partial charge in [-0.3, -0.25) is 4.68 Å². The fourth-order valence-electron chi connectivity index (χ4n) is 1.23. The van der Waals surface area contributed by atoms with E-state index >= 15 is 0 Å². The lowest BCUT2D eigenvalue weighted by molar-refractivity contribution is 0.520. The van der Waals surface area contributed by atoms with Crippen LogP contribution in [0.4, 0.5) is 0 Å². The van der Waals surface area contributed by atoms with E-state index < -0.39 is 0 Å². The van der Waals surface area contributed by atoms with Gasteiger partial charge in [-0.2, -0.15) is 10.2 Å². The molecular weight excluding hydrogens is 178 g/mol. The molecule has 0 saturated carbocycles. The Balaban J connectivity index is 2.11. The Morgan fingerprint density at radius 2 is 2.29 bits per heavy atom. The highest BCUT2D eigenvalue weighted by Crippen LogP contribution is 2.04. The van der Waals surface area contributed by atoms with Gasteiger partial charge >= 0.3 is 0 Å². The number of nitrogens with zero attached hydrogens (tertiary/aromatic N) is 5. The van der Waals surface area contributed by atoms with Crippen molar-refractivity contribution in [1.29, 1.82) is 0 Å². The van der Waals surface area contributed by atoms with Crippen molar-refractivity contribution < 1.29 is 0 Å². The Kier molecular flexibility index (Phi) is 2.30. The molecule has 5 heteroatoms. The normalized spacial score (nSPS) is 11.1. The van der Waals surface area contributed by atoms with Crippen LogP contribution in [0, 0.1) is 0 Å². The Morgan fingerprint density at radius 3 is 2.86 bits per heavy atom. The molecule has 0 spiro atoms. The van der Waals surface area contributed by atoms with Crippen LogP contribution in [0.3, 0.4) is 0 Å².